The van der Waals surface area contributed by atoms with Crippen molar-refractivity contribution in [3.8, 4) is 28.7 Å². The quantitative estimate of drug-likeness (QED) is 0.201. The number of methoxy groups -OCH3 is 3. The van der Waals surface area contributed by atoms with Gasteiger partial charge in [-0.3, -0.25) is 4.79 Å². The van der Waals surface area contributed by atoms with E-state index in [0.29, 0.717) is 39.7 Å². The molecule has 0 amide bonds. The van der Waals surface area contributed by atoms with E-state index in [1.165, 1.54) is 14.2 Å². The normalized spacial score (nSPS) is 13.4. The molecule has 0 N–H and O–H groups in total. The molecule has 1 aromatic heterocycles. The van der Waals surface area contributed by atoms with Crippen LogP contribution in [0.15, 0.2) is 60.5 Å². The predicted molar refractivity (Wildman–Crippen MR) is 138 cm³/mol. The summed E-state index contributed by atoms with van der Waals surface area (Å²) >= 11 is 0. The lowest BCUT2D eigenvalue weighted by molar-refractivity contribution is 0.0732. The highest BCUT2D eigenvalue weighted by atomic mass is 16.5. The topological polar surface area (TPSA) is 85.2 Å². The SMILES string of the molecule is COc1ccc2c(c1)c(C=C1Oc3c(ccc(OC(=O)c4ccc(OC)c(OC)c4)c3C)C1=O)cn2C. The molecule has 1 aliphatic heterocycles. The highest BCUT2D eigenvalue weighted by molar-refractivity contribution is 6.15. The van der Waals surface area contributed by atoms with Gasteiger partial charge < -0.3 is 28.3 Å². The third-order valence-electron chi connectivity index (χ3n) is 6.37. The number of ketones is 1. The molecule has 2 heterocycles. The number of esters is 1. The Bertz CT molecular complexity index is 1600. The number of benzene rings is 3. The van der Waals surface area contributed by atoms with Crippen molar-refractivity contribution in [1.29, 1.82) is 0 Å². The van der Waals surface area contributed by atoms with Crippen molar-refractivity contribution in [2.45, 2.75) is 6.92 Å². The maximum atomic E-state index is 13.1. The average Bonchev–Trinajstić information content (AvgIpc) is 3.40. The summed E-state index contributed by atoms with van der Waals surface area (Å²) in [6.07, 6.45) is 3.65. The number of Topliss-reactive ketones (excluding diaryl/α,β-unsaturated/α-hetero) is 1. The van der Waals surface area contributed by atoms with Crippen molar-refractivity contribution < 1.29 is 33.3 Å². The van der Waals surface area contributed by atoms with Gasteiger partial charge in [-0.05, 0) is 61.5 Å². The van der Waals surface area contributed by atoms with Crippen LogP contribution in [0, 0.1) is 6.92 Å². The second kappa shape index (κ2) is 9.39. The monoisotopic (exact) mass is 499 g/mol. The minimum absolute atomic E-state index is 0.191. The molecule has 0 saturated carbocycles. The number of allylic oxidation sites excluding steroid dienone is 1. The van der Waals surface area contributed by atoms with Gasteiger partial charge >= 0.3 is 5.97 Å². The van der Waals surface area contributed by atoms with E-state index >= 15 is 0 Å². The smallest absolute Gasteiger partial charge is 0.343 e. The summed E-state index contributed by atoms with van der Waals surface area (Å²) in [4.78, 5) is 26.0. The highest BCUT2D eigenvalue weighted by Gasteiger charge is 2.31. The standard InChI is InChI=1S/C29H25NO7/c1-16-23(37-29(32)17-6-10-24(34-4)25(12-17)35-5)11-8-20-27(31)26(36-28(16)20)13-18-15-30(2)22-9-7-19(33-3)14-21(18)22/h6-15H,1-5H3. The Balaban J connectivity index is 1.44. The van der Waals surface area contributed by atoms with Gasteiger partial charge in [0.1, 0.15) is 17.2 Å². The Hall–Kier alpha value is -4.72. The van der Waals surface area contributed by atoms with Crippen LogP contribution < -0.4 is 23.7 Å². The fourth-order valence-corrected chi connectivity index (χ4v) is 4.39. The van der Waals surface area contributed by atoms with Crippen LogP contribution in [-0.2, 0) is 7.05 Å². The van der Waals surface area contributed by atoms with E-state index in [4.69, 9.17) is 23.7 Å². The lowest BCUT2D eigenvalue weighted by Gasteiger charge is -2.12. The number of fused-ring (bicyclic) bond motifs is 2. The molecule has 0 fully saturated rings. The first-order valence-electron chi connectivity index (χ1n) is 11.5. The molecule has 1 aliphatic rings. The molecule has 3 aromatic carbocycles. The third kappa shape index (κ3) is 4.16. The Morgan fingerprint density at radius 2 is 1.68 bits per heavy atom. The number of ether oxygens (including phenoxy) is 5. The first kappa shape index (κ1) is 24.0. The van der Waals surface area contributed by atoms with E-state index < -0.39 is 5.97 Å². The Morgan fingerprint density at radius 1 is 0.919 bits per heavy atom. The molecule has 0 radical (unpaired) electrons. The average molecular weight is 500 g/mol. The van der Waals surface area contributed by atoms with Gasteiger partial charge in [0.05, 0.1) is 32.5 Å². The number of aryl methyl sites for hydroxylation is 1. The van der Waals surface area contributed by atoms with Crippen molar-refractivity contribution in [2.75, 3.05) is 21.3 Å². The molecule has 4 aromatic rings. The van der Waals surface area contributed by atoms with Crippen molar-refractivity contribution in [2.24, 2.45) is 7.05 Å². The molecule has 0 unspecified atom stereocenters. The molecule has 0 atom stereocenters. The van der Waals surface area contributed by atoms with Crippen molar-refractivity contribution in [1.82, 2.24) is 4.57 Å². The summed E-state index contributed by atoms with van der Waals surface area (Å²) in [5.41, 5.74) is 3.07. The van der Waals surface area contributed by atoms with Crippen LogP contribution in [-0.4, -0.2) is 37.6 Å². The zero-order valence-corrected chi connectivity index (χ0v) is 21.1. The van der Waals surface area contributed by atoms with Crippen LogP contribution >= 0.6 is 0 Å². The fourth-order valence-electron chi connectivity index (χ4n) is 4.39. The third-order valence-corrected chi connectivity index (χ3v) is 6.37. The van der Waals surface area contributed by atoms with E-state index in [1.807, 2.05) is 36.0 Å². The summed E-state index contributed by atoms with van der Waals surface area (Å²) in [6.45, 7) is 1.75. The van der Waals surface area contributed by atoms with Crippen LogP contribution in [0.2, 0.25) is 0 Å². The summed E-state index contributed by atoms with van der Waals surface area (Å²) in [5.74, 6) is 1.67. The summed E-state index contributed by atoms with van der Waals surface area (Å²) < 4.78 is 29.5. The largest absolute Gasteiger partial charge is 0.497 e. The van der Waals surface area contributed by atoms with Crippen LogP contribution in [0.3, 0.4) is 0 Å². The minimum atomic E-state index is -0.575. The second-order valence-electron chi connectivity index (χ2n) is 8.54. The molecule has 0 aliphatic carbocycles. The maximum absolute atomic E-state index is 13.1. The molecule has 8 heteroatoms. The zero-order valence-electron chi connectivity index (χ0n) is 21.1. The van der Waals surface area contributed by atoms with Gasteiger partial charge in [-0.1, -0.05) is 0 Å². The van der Waals surface area contributed by atoms with E-state index in [1.54, 1.807) is 50.4 Å². The van der Waals surface area contributed by atoms with Crippen LogP contribution in [0.1, 0.15) is 31.8 Å². The summed E-state index contributed by atoms with van der Waals surface area (Å²) in [5, 5.41) is 0.933. The van der Waals surface area contributed by atoms with E-state index in [-0.39, 0.29) is 11.5 Å². The number of aromatic nitrogens is 1. The van der Waals surface area contributed by atoms with Gasteiger partial charge in [0.15, 0.2) is 17.3 Å². The molecule has 37 heavy (non-hydrogen) atoms. The number of hydrogen-bond donors (Lipinski definition) is 0. The highest BCUT2D eigenvalue weighted by Crippen LogP contribution is 2.40. The van der Waals surface area contributed by atoms with Gasteiger partial charge in [-0.2, -0.15) is 0 Å². The Labute approximate surface area is 213 Å². The fraction of sp³-hybridized carbons (Fsp3) is 0.172. The lowest BCUT2D eigenvalue weighted by atomic mass is 10.1. The van der Waals surface area contributed by atoms with Gasteiger partial charge in [-0.15, -0.1) is 0 Å². The van der Waals surface area contributed by atoms with Crippen molar-refractivity contribution in [3.05, 3.63) is 82.7 Å². The number of nitrogens with zero attached hydrogens (tertiary/aromatic N) is 1. The molecular formula is C29H25NO7. The van der Waals surface area contributed by atoms with Crippen LogP contribution in [0.5, 0.6) is 28.7 Å². The number of carbonyl (C=O) groups excluding carboxylic acids is 2. The van der Waals surface area contributed by atoms with Crippen molar-refractivity contribution >= 4 is 28.7 Å². The summed E-state index contributed by atoms with van der Waals surface area (Å²) in [7, 11) is 6.56. The van der Waals surface area contributed by atoms with E-state index in [9.17, 15) is 9.59 Å². The van der Waals surface area contributed by atoms with Gasteiger partial charge in [0.2, 0.25) is 5.78 Å². The molecule has 188 valence electrons. The van der Waals surface area contributed by atoms with Gasteiger partial charge in [-0.25, -0.2) is 4.79 Å². The number of hydrogen-bond acceptors (Lipinski definition) is 7. The van der Waals surface area contributed by atoms with Crippen LogP contribution in [0.25, 0.3) is 17.0 Å². The number of rotatable bonds is 6. The first-order valence-corrected chi connectivity index (χ1v) is 11.5. The van der Waals surface area contributed by atoms with Crippen LogP contribution in [0.4, 0.5) is 0 Å². The van der Waals surface area contributed by atoms with E-state index in [0.717, 1.165) is 22.2 Å². The van der Waals surface area contributed by atoms with Crippen molar-refractivity contribution in [3.63, 3.8) is 0 Å². The molecular weight excluding hydrogens is 474 g/mol. The number of carbonyl (C=O) groups is 2. The van der Waals surface area contributed by atoms with Gasteiger partial charge in [0, 0.05) is 35.3 Å². The molecule has 0 saturated heterocycles. The van der Waals surface area contributed by atoms with Gasteiger partial charge in [0.25, 0.3) is 0 Å². The lowest BCUT2D eigenvalue weighted by Crippen LogP contribution is -2.10. The first-order chi connectivity index (χ1) is 17.8. The second-order valence-corrected chi connectivity index (χ2v) is 8.54. The summed E-state index contributed by atoms with van der Waals surface area (Å²) in [6, 6.07) is 13.7. The Kier molecular flexibility index (Phi) is 6.09. The molecule has 0 spiro atoms. The van der Waals surface area contributed by atoms with E-state index in [2.05, 4.69) is 0 Å². The Morgan fingerprint density at radius 3 is 2.41 bits per heavy atom. The molecule has 5 rings (SSSR count). The minimum Gasteiger partial charge on any atom is -0.497 e. The molecule has 8 nitrogen and oxygen atoms in total. The maximum Gasteiger partial charge on any atom is 0.343 e. The molecule has 0 bridgehead atoms. The predicted octanol–water partition coefficient (Wildman–Crippen LogP) is 5.35. The zero-order chi connectivity index (χ0) is 26.3.